The third-order valence-corrected chi connectivity index (χ3v) is 13.4. The Morgan fingerprint density at radius 1 is 1.26 bits per heavy atom. The molecule has 4 rings (SSSR count). The van der Waals surface area contributed by atoms with Gasteiger partial charge in [0.05, 0.1) is 16.8 Å². The van der Waals surface area contributed by atoms with Crippen LogP contribution in [-0.2, 0) is 10.8 Å². The Labute approximate surface area is 258 Å². The van der Waals surface area contributed by atoms with E-state index in [4.69, 9.17) is 16.0 Å². The van der Waals surface area contributed by atoms with E-state index in [0.717, 1.165) is 12.0 Å². The number of anilines is 1. The largest absolute Gasteiger partial charge is 0.465 e. The molecule has 1 aliphatic heterocycles. The van der Waals surface area contributed by atoms with Gasteiger partial charge in [-0.05, 0) is 61.5 Å². The Kier molecular flexibility index (Phi) is 9.53. The molecule has 1 N–H and O–H groups in total. The Morgan fingerprint density at radius 2 is 1.95 bits per heavy atom. The lowest BCUT2D eigenvalue weighted by molar-refractivity contribution is 0.136. The number of aromatic nitrogens is 4. The van der Waals surface area contributed by atoms with Gasteiger partial charge in [0.2, 0.25) is 0 Å². The molecule has 1 atom stereocenters. The number of rotatable bonds is 8. The summed E-state index contributed by atoms with van der Waals surface area (Å²) < 4.78 is 22.7. The highest BCUT2D eigenvalue weighted by Crippen LogP contribution is 2.37. The van der Waals surface area contributed by atoms with Gasteiger partial charge < -0.3 is 19.3 Å². The highest BCUT2D eigenvalue weighted by molar-refractivity contribution is 6.74. The fourth-order valence-corrected chi connectivity index (χ4v) is 6.37. The fourth-order valence-electron chi connectivity index (χ4n) is 5.15. The smallest absolute Gasteiger partial charge is 0.407 e. The van der Waals surface area contributed by atoms with Gasteiger partial charge >= 0.3 is 11.8 Å². The van der Waals surface area contributed by atoms with Gasteiger partial charge in [-0.3, -0.25) is 4.98 Å². The number of hydrogen-bond acceptors (Lipinski definition) is 7. The summed E-state index contributed by atoms with van der Waals surface area (Å²) >= 11 is 6.21. The van der Waals surface area contributed by atoms with E-state index in [2.05, 4.69) is 48.8 Å². The number of amides is 1. The van der Waals surface area contributed by atoms with Gasteiger partial charge in [-0.15, -0.1) is 0 Å². The average Bonchev–Trinajstić information content (AvgIpc) is 2.91. The van der Waals surface area contributed by atoms with Crippen LogP contribution in [0.4, 0.5) is 15.0 Å². The van der Waals surface area contributed by atoms with Crippen molar-refractivity contribution < 1.29 is 18.7 Å². The van der Waals surface area contributed by atoms with Gasteiger partial charge in [0.1, 0.15) is 5.82 Å². The molecule has 1 fully saturated rings. The summed E-state index contributed by atoms with van der Waals surface area (Å²) in [4.78, 5) is 42.1. The van der Waals surface area contributed by atoms with Gasteiger partial charge in [0, 0.05) is 38.5 Å². The van der Waals surface area contributed by atoms with E-state index in [9.17, 15) is 19.1 Å². The highest BCUT2D eigenvalue weighted by Gasteiger charge is 2.37. The quantitative estimate of drug-likeness (QED) is 0.177. The van der Waals surface area contributed by atoms with Crippen LogP contribution < -0.4 is 10.6 Å². The molecule has 43 heavy (non-hydrogen) atoms. The normalized spacial score (nSPS) is 16.4. The van der Waals surface area contributed by atoms with Gasteiger partial charge in [-0.25, -0.2) is 23.5 Å². The van der Waals surface area contributed by atoms with Crippen molar-refractivity contribution in [3.63, 3.8) is 0 Å². The Balaban J connectivity index is 1.83. The zero-order chi connectivity index (χ0) is 31.9. The highest BCUT2D eigenvalue weighted by atomic mass is 35.5. The maximum absolute atomic E-state index is 14.9. The Morgan fingerprint density at radius 3 is 2.56 bits per heavy atom. The first-order valence-electron chi connectivity index (χ1n) is 14.7. The Bertz CT molecular complexity index is 1570. The van der Waals surface area contributed by atoms with Crippen molar-refractivity contribution in [2.24, 2.45) is 0 Å². The molecule has 0 radical (unpaired) electrons. The molecule has 4 heterocycles. The molecule has 1 amide bonds. The number of nitrogens with zero attached hydrogens (tertiary/aromatic N) is 6. The first kappa shape index (κ1) is 32.8. The molecular weight excluding hydrogens is 591 g/mol. The predicted octanol–water partition coefficient (Wildman–Crippen LogP) is 6.23. The molecule has 0 unspecified atom stereocenters. The van der Waals surface area contributed by atoms with E-state index in [1.165, 1.54) is 15.5 Å². The van der Waals surface area contributed by atoms with Crippen LogP contribution in [0.1, 0.15) is 65.1 Å². The van der Waals surface area contributed by atoms with E-state index in [1.807, 2.05) is 31.7 Å². The first-order chi connectivity index (χ1) is 20.0. The Hall–Kier alpha value is -3.09. The minimum atomic E-state index is -1.92. The van der Waals surface area contributed by atoms with Gasteiger partial charge in [-0.2, -0.15) is 4.98 Å². The third-order valence-electron chi connectivity index (χ3n) is 8.59. The van der Waals surface area contributed by atoms with Crippen molar-refractivity contribution in [2.75, 3.05) is 31.1 Å². The number of carboxylic acid groups (broad SMARTS) is 1. The van der Waals surface area contributed by atoms with Crippen LogP contribution in [0.5, 0.6) is 0 Å². The number of halogens is 2. The fraction of sp³-hybridized carbons (Fsp3) is 0.567. The maximum Gasteiger partial charge on any atom is 0.407 e. The van der Waals surface area contributed by atoms with Crippen molar-refractivity contribution >= 4 is 42.9 Å². The predicted molar refractivity (Wildman–Crippen MR) is 170 cm³/mol. The molecule has 0 aromatic carbocycles. The summed E-state index contributed by atoms with van der Waals surface area (Å²) in [6.45, 7) is 18.2. The molecule has 0 bridgehead atoms. The molecule has 1 aliphatic rings. The zero-order valence-electron chi connectivity index (χ0n) is 26.2. The van der Waals surface area contributed by atoms with Crippen LogP contribution in [-0.4, -0.2) is 76.2 Å². The summed E-state index contributed by atoms with van der Waals surface area (Å²) in [5, 5.41) is 9.50. The minimum Gasteiger partial charge on any atom is -0.465 e. The van der Waals surface area contributed by atoms with E-state index in [-0.39, 0.29) is 53.3 Å². The molecule has 10 nitrogen and oxygen atoms in total. The summed E-state index contributed by atoms with van der Waals surface area (Å²) in [6.07, 6.45) is 2.07. The summed E-state index contributed by atoms with van der Waals surface area (Å²) in [5.74, 6) is -0.534. The van der Waals surface area contributed by atoms with Crippen LogP contribution in [0.15, 0.2) is 23.1 Å². The van der Waals surface area contributed by atoms with Crippen molar-refractivity contribution in [3.8, 4) is 5.69 Å². The number of hydrogen-bond donors (Lipinski definition) is 1. The molecule has 0 saturated carbocycles. The van der Waals surface area contributed by atoms with E-state index in [0.29, 0.717) is 29.8 Å². The number of aryl methyl sites for hydroxylation is 1. The van der Waals surface area contributed by atoms with Gasteiger partial charge in [0.15, 0.2) is 24.9 Å². The number of fused-ring (bicyclic) bond motifs is 1. The second-order valence-corrected chi connectivity index (χ2v) is 18.2. The van der Waals surface area contributed by atoms with Crippen LogP contribution >= 0.6 is 11.6 Å². The van der Waals surface area contributed by atoms with Crippen molar-refractivity contribution in [1.29, 1.82) is 0 Å². The number of piperazine rings is 1. The molecular formula is C30H42ClFN6O4Si. The third kappa shape index (κ3) is 6.70. The van der Waals surface area contributed by atoms with E-state index < -0.39 is 25.9 Å². The van der Waals surface area contributed by atoms with Gasteiger partial charge in [-0.1, -0.05) is 46.2 Å². The molecule has 1 saturated heterocycles. The zero-order valence-corrected chi connectivity index (χ0v) is 28.0. The van der Waals surface area contributed by atoms with Crippen molar-refractivity contribution in [2.45, 2.75) is 84.5 Å². The lowest BCUT2D eigenvalue weighted by atomic mass is 10.0. The second-order valence-electron chi connectivity index (χ2n) is 13.0. The monoisotopic (exact) mass is 632 g/mol. The molecule has 13 heteroatoms. The molecule has 3 aromatic heterocycles. The summed E-state index contributed by atoms with van der Waals surface area (Å²) in [5.41, 5.74) is 1.70. The van der Waals surface area contributed by atoms with Crippen LogP contribution in [0, 0.1) is 5.82 Å². The van der Waals surface area contributed by atoms with Crippen LogP contribution in [0.2, 0.25) is 23.3 Å². The minimum absolute atomic E-state index is 0.0416. The number of pyridine rings is 2. The summed E-state index contributed by atoms with van der Waals surface area (Å²) in [7, 11) is -1.92. The van der Waals surface area contributed by atoms with Crippen molar-refractivity contribution in [1.82, 2.24) is 24.4 Å². The second kappa shape index (κ2) is 12.5. The SMILES string of the molecule is CC(C)c1nccc(CCCO[Si](C)(C)C(C)(C)C)c1-n1c(=O)nc(N2CCN(C(=O)O)C[C@@H]2C)c2cc(F)c(Cl)nc21. The lowest BCUT2D eigenvalue weighted by Crippen LogP contribution is -2.54. The van der Waals surface area contributed by atoms with E-state index >= 15 is 0 Å². The van der Waals surface area contributed by atoms with Gasteiger partial charge in [0.25, 0.3) is 0 Å². The molecule has 0 spiro atoms. The topological polar surface area (TPSA) is 114 Å². The molecule has 3 aromatic rings. The molecule has 234 valence electrons. The lowest BCUT2D eigenvalue weighted by Gasteiger charge is -2.39. The standard InChI is InChI=1S/C30H42ClFN6O4Si/c1-18(2)23-24(20(11-12-33-23)10-9-15-42-43(7,8)30(4,5)6)38-27-21(16-22(32)25(31)34-27)26(35-28(38)39)37-14-13-36(29(40)41)17-19(37)3/h11-12,16,18-19H,9-10,13-15,17H2,1-8H3,(H,40,41)/t19-/m0/s1. The van der Waals surface area contributed by atoms with Crippen molar-refractivity contribution in [3.05, 3.63) is 51.0 Å². The number of carbonyl (C=O) groups is 1. The van der Waals surface area contributed by atoms with Crippen LogP contribution in [0.25, 0.3) is 16.7 Å². The maximum atomic E-state index is 14.9. The van der Waals surface area contributed by atoms with Crippen LogP contribution in [0.3, 0.4) is 0 Å². The molecule has 0 aliphatic carbocycles. The average molecular weight is 633 g/mol. The first-order valence-corrected chi connectivity index (χ1v) is 18.0. The van der Waals surface area contributed by atoms with E-state index in [1.54, 1.807) is 6.20 Å². The summed E-state index contributed by atoms with van der Waals surface area (Å²) in [6, 6.07) is 2.82.